The first-order valence-corrected chi connectivity index (χ1v) is 12.9. The lowest BCUT2D eigenvalue weighted by molar-refractivity contribution is -0.133. The molecule has 4 rings (SSSR count). The van der Waals surface area contributed by atoms with Crippen molar-refractivity contribution >= 4 is 27.7 Å². The van der Waals surface area contributed by atoms with Crippen LogP contribution in [0.2, 0.25) is 0 Å². The molecular weight excluding hydrogens is 436 g/mol. The van der Waals surface area contributed by atoms with E-state index >= 15 is 0 Å². The van der Waals surface area contributed by atoms with Gasteiger partial charge in [0.1, 0.15) is 19.3 Å². The summed E-state index contributed by atoms with van der Waals surface area (Å²) in [6, 6.07) is 11.9. The molecule has 0 radical (unpaired) electrons. The van der Waals surface area contributed by atoms with Gasteiger partial charge in [0.15, 0.2) is 11.5 Å². The number of nitrogens with zero attached hydrogens (tertiary/aromatic N) is 2. The van der Waals surface area contributed by atoms with Crippen molar-refractivity contribution in [1.82, 2.24) is 9.21 Å². The van der Waals surface area contributed by atoms with Crippen molar-refractivity contribution in [1.29, 1.82) is 0 Å². The molecule has 2 aliphatic heterocycles. The van der Waals surface area contributed by atoms with Crippen molar-refractivity contribution in [3.8, 4) is 11.5 Å². The lowest BCUT2D eigenvalue weighted by atomic mass is 10.1. The lowest BCUT2D eigenvalue weighted by Gasteiger charge is -2.28. The monoisotopic (exact) mass is 462 g/mol. The molecule has 2 aromatic carbocycles. The van der Waals surface area contributed by atoms with E-state index in [9.17, 15) is 13.2 Å². The number of rotatable bonds is 6. The van der Waals surface area contributed by atoms with Crippen molar-refractivity contribution in [3.05, 3.63) is 48.0 Å². The number of likely N-dealkylation sites (N-methyl/N-ethyl adjacent to an activating group) is 1. The maximum atomic E-state index is 13.3. The average molecular weight is 463 g/mol. The molecule has 2 aliphatic rings. The minimum Gasteiger partial charge on any atom is -0.486 e. The van der Waals surface area contributed by atoms with Gasteiger partial charge in [0, 0.05) is 31.1 Å². The van der Waals surface area contributed by atoms with Crippen LogP contribution in [0.15, 0.2) is 52.3 Å². The highest BCUT2D eigenvalue weighted by Crippen LogP contribution is 2.35. The van der Waals surface area contributed by atoms with Gasteiger partial charge < -0.3 is 14.4 Å². The Balaban J connectivity index is 1.51. The van der Waals surface area contributed by atoms with Crippen LogP contribution in [-0.4, -0.2) is 62.6 Å². The first-order chi connectivity index (χ1) is 14.9. The number of hydrogen-bond acceptors (Lipinski definition) is 6. The Morgan fingerprint density at radius 2 is 1.84 bits per heavy atom. The molecular formula is C22H26N2O5S2. The second-order valence-corrected chi connectivity index (χ2v) is 10.4. The second-order valence-electron chi connectivity index (χ2n) is 7.62. The molecule has 166 valence electrons. The minimum absolute atomic E-state index is 0.117. The number of sulfonamides is 1. The predicted octanol–water partition coefficient (Wildman–Crippen LogP) is 2.99. The fourth-order valence-corrected chi connectivity index (χ4v) is 6.01. The molecule has 2 heterocycles. The number of hydrogen-bond donors (Lipinski definition) is 0. The summed E-state index contributed by atoms with van der Waals surface area (Å²) in [5.74, 6) is 0.763. The van der Waals surface area contributed by atoms with E-state index < -0.39 is 16.1 Å². The molecule has 7 nitrogen and oxygen atoms in total. The summed E-state index contributed by atoms with van der Waals surface area (Å²) in [5, 5.41) is 0. The van der Waals surface area contributed by atoms with E-state index in [2.05, 4.69) is 0 Å². The quantitative estimate of drug-likeness (QED) is 0.615. The zero-order chi connectivity index (χ0) is 22.0. The second kappa shape index (κ2) is 9.10. The molecule has 0 aliphatic carbocycles. The molecule has 0 aromatic heterocycles. The number of carbonyl (C=O) groups excluding carboxylic acids is 1. The zero-order valence-corrected chi connectivity index (χ0v) is 19.2. The fourth-order valence-electron chi connectivity index (χ4n) is 3.93. The van der Waals surface area contributed by atoms with Crippen LogP contribution in [0, 0.1) is 0 Å². The Morgan fingerprint density at radius 1 is 1.13 bits per heavy atom. The van der Waals surface area contributed by atoms with E-state index in [1.807, 2.05) is 30.5 Å². The molecule has 1 fully saturated rings. The molecule has 9 heteroatoms. The number of ether oxygens (including phenoxy) is 2. The maximum absolute atomic E-state index is 13.3. The predicted molar refractivity (Wildman–Crippen MR) is 119 cm³/mol. The summed E-state index contributed by atoms with van der Waals surface area (Å²) >= 11 is 1.66. The van der Waals surface area contributed by atoms with E-state index in [-0.39, 0.29) is 10.8 Å². The number of amides is 1. The van der Waals surface area contributed by atoms with Crippen molar-refractivity contribution in [3.63, 3.8) is 0 Å². The number of fused-ring (bicyclic) bond motifs is 1. The maximum Gasteiger partial charge on any atom is 0.243 e. The Labute approximate surface area is 187 Å². The Bertz CT molecular complexity index is 1060. The topological polar surface area (TPSA) is 76.2 Å². The van der Waals surface area contributed by atoms with Crippen molar-refractivity contribution in [2.75, 3.05) is 33.1 Å². The summed E-state index contributed by atoms with van der Waals surface area (Å²) in [5.41, 5.74) is 1.01. The van der Waals surface area contributed by atoms with Crippen molar-refractivity contribution < 1.29 is 22.7 Å². The van der Waals surface area contributed by atoms with Crippen LogP contribution < -0.4 is 9.47 Å². The first kappa shape index (κ1) is 22.0. The van der Waals surface area contributed by atoms with E-state index in [0.29, 0.717) is 50.6 Å². The first-order valence-electron chi connectivity index (χ1n) is 10.2. The van der Waals surface area contributed by atoms with Crippen molar-refractivity contribution in [2.45, 2.75) is 35.2 Å². The van der Waals surface area contributed by atoms with Crippen LogP contribution in [0.4, 0.5) is 0 Å². The molecule has 2 aromatic rings. The SMILES string of the molecule is CSc1ccc(CN(C)C(=O)C2CCCN2S(=O)(=O)c2ccc3c(c2)OCCO3)cc1. The van der Waals surface area contributed by atoms with E-state index in [4.69, 9.17) is 9.47 Å². The minimum atomic E-state index is -3.83. The summed E-state index contributed by atoms with van der Waals surface area (Å²) in [7, 11) is -2.11. The van der Waals surface area contributed by atoms with Crippen LogP contribution >= 0.6 is 11.8 Å². The van der Waals surface area contributed by atoms with Gasteiger partial charge in [-0.25, -0.2) is 8.42 Å². The Kier molecular flexibility index (Phi) is 6.45. The molecule has 1 amide bonds. The van der Waals surface area contributed by atoms with E-state index in [1.54, 1.807) is 29.8 Å². The standard InChI is InChI=1S/C22H26N2O5S2/c1-23(15-16-5-7-17(30-2)8-6-16)22(25)19-4-3-11-24(19)31(26,27)18-9-10-20-21(14-18)29-13-12-28-20/h5-10,14,19H,3-4,11-13,15H2,1-2H3. The highest BCUT2D eigenvalue weighted by atomic mass is 32.2. The van der Waals surface area contributed by atoms with Gasteiger partial charge in [-0.15, -0.1) is 11.8 Å². The molecule has 1 atom stereocenters. The smallest absolute Gasteiger partial charge is 0.243 e. The van der Waals surface area contributed by atoms with Crippen LogP contribution in [-0.2, 0) is 21.4 Å². The van der Waals surface area contributed by atoms with Gasteiger partial charge >= 0.3 is 0 Å². The van der Waals surface area contributed by atoms with Crippen LogP contribution in [0.5, 0.6) is 11.5 Å². The molecule has 31 heavy (non-hydrogen) atoms. The highest BCUT2D eigenvalue weighted by Gasteiger charge is 2.41. The molecule has 0 bridgehead atoms. The largest absolute Gasteiger partial charge is 0.486 e. The molecule has 1 saturated heterocycles. The van der Waals surface area contributed by atoms with Gasteiger partial charge in [-0.2, -0.15) is 4.31 Å². The summed E-state index contributed by atoms with van der Waals surface area (Å²) in [6.07, 6.45) is 3.18. The Hall–Kier alpha value is -2.23. The average Bonchev–Trinajstić information content (AvgIpc) is 3.29. The molecule has 0 spiro atoms. The third-order valence-corrected chi connectivity index (χ3v) is 8.21. The fraction of sp³-hybridized carbons (Fsp3) is 0.409. The summed E-state index contributed by atoms with van der Waals surface area (Å²) < 4.78 is 39.0. The van der Waals surface area contributed by atoms with Crippen LogP contribution in [0.3, 0.4) is 0 Å². The summed E-state index contributed by atoms with van der Waals surface area (Å²) in [6.45, 7) is 1.57. The summed E-state index contributed by atoms with van der Waals surface area (Å²) in [4.78, 5) is 16.0. The highest BCUT2D eigenvalue weighted by molar-refractivity contribution is 7.98. The van der Waals surface area contributed by atoms with E-state index in [1.165, 1.54) is 16.4 Å². The lowest BCUT2D eigenvalue weighted by Crippen LogP contribution is -2.46. The van der Waals surface area contributed by atoms with Gasteiger partial charge in [-0.3, -0.25) is 4.79 Å². The Morgan fingerprint density at radius 3 is 2.55 bits per heavy atom. The third-order valence-electron chi connectivity index (χ3n) is 5.56. The normalized spacial score (nSPS) is 18.7. The van der Waals surface area contributed by atoms with Gasteiger partial charge in [0.05, 0.1) is 4.90 Å². The molecule has 0 N–H and O–H groups in total. The number of thioether (sulfide) groups is 1. The van der Waals surface area contributed by atoms with E-state index in [0.717, 1.165) is 10.5 Å². The van der Waals surface area contributed by atoms with Crippen LogP contribution in [0.1, 0.15) is 18.4 Å². The third kappa shape index (κ3) is 4.53. The number of benzene rings is 2. The van der Waals surface area contributed by atoms with Crippen molar-refractivity contribution in [2.24, 2.45) is 0 Å². The van der Waals surface area contributed by atoms with Gasteiger partial charge in [-0.05, 0) is 48.9 Å². The zero-order valence-electron chi connectivity index (χ0n) is 17.6. The van der Waals surface area contributed by atoms with Gasteiger partial charge in [-0.1, -0.05) is 12.1 Å². The molecule has 1 unspecified atom stereocenters. The van der Waals surface area contributed by atoms with Gasteiger partial charge in [0.25, 0.3) is 0 Å². The van der Waals surface area contributed by atoms with Crippen LogP contribution in [0.25, 0.3) is 0 Å². The van der Waals surface area contributed by atoms with Gasteiger partial charge in [0.2, 0.25) is 15.9 Å². The number of carbonyl (C=O) groups is 1. The molecule has 0 saturated carbocycles.